The van der Waals surface area contributed by atoms with Gasteiger partial charge < -0.3 is 5.11 Å². The average Bonchev–Trinajstić information content (AvgIpc) is 2.47. The number of nitrogens with zero attached hydrogens (tertiary/aromatic N) is 1. The van der Waals surface area contributed by atoms with Crippen molar-refractivity contribution in [1.29, 1.82) is 0 Å². The van der Waals surface area contributed by atoms with Gasteiger partial charge in [-0.15, -0.1) is 0 Å². The van der Waals surface area contributed by atoms with Gasteiger partial charge in [0.25, 0.3) is 0 Å². The molecule has 0 bridgehead atoms. The van der Waals surface area contributed by atoms with Gasteiger partial charge in [0.15, 0.2) is 0 Å². The van der Waals surface area contributed by atoms with Gasteiger partial charge in [-0.05, 0) is 31.0 Å². The van der Waals surface area contributed by atoms with Gasteiger partial charge in [-0.3, -0.25) is 4.98 Å². The molecule has 0 saturated heterocycles. The van der Waals surface area contributed by atoms with E-state index in [0.717, 1.165) is 11.2 Å². The van der Waals surface area contributed by atoms with E-state index < -0.39 is 5.97 Å². The molecule has 1 aliphatic carbocycles. The molecule has 104 valence electrons. The number of aromatic carboxylic acids is 1. The number of hydrogen-bond acceptors (Lipinski definition) is 2. The maximum Gasteiger partial charge on any atom is 0.337 e. The van der Waals surface area contributed by atoms with Crippen LogP contribution >= 0.6 is 11.6 Å². The molecular formula is C16H16ClNO2. The van der Waals surface area contributed by atoms with E-state index in [-0.39, 0.29) is 10.6 Å². The number of carbonyl (C=O) groups is 1. The highest BCUT2D eigenvalue weighted by Crippen LogP contribution is 2.33. The number of rotatable bonds is 2. The topological polar surface area (TPSA) is 50.2 Å². The van der Waals surface area contributed by atoms with Gasteiger partial charge in [-0.25, -0.2) is 4.79 Å². The van der Waals surface area contributed by atoms with Crippen molar-refractivity contribution < 1.29 is 9.90 Å². The monoisotopic (exact) mass is 289 g/mol. The summed E-state index contributed by atoms with van der Waals surface area (Å²) in [7, 11) is 0. The number of hydrogen-bond donors (Lipinski definition) is 1. The molecule has 4 heteroatoms. The van der Waals surface area contributed by atoms with E-state index in [4.69, 9.17) is 11.6 Å². The lowest BCUT2D eigenvalue weighted by molar-refractivity contribution is 0.0699. The molecule has 20 heavy (non-hydrogen) atoms. The quantitative estimate of drug-likeness (QED) is 0.876. The fourth-order valence-electron chi connectivity index (χ4n) is 3.04. The van der Waals surface area contributed by atoms with Gasteiger partial charge in [0, 0.05) is 17.0 Å². The molecule has 3 rings (SSSR count). The first-order valence-electron chi connectivity index (χ1n) is 6.99. The van der Waals surface area contributed by atoms with E-state index in [1.807, 2.05) is 12.1 Å². The fourth-order valence-corrected chi connectivity index (χ4v) is 3.28. The van der Waals surface area contributed by atoms with Crippen LogP contribution in [0.1, 0.15) is 54.1 Å². The Morgan fingerprint density at radius 2 is 1.90 bits per heavy atom. The van der Waals surface area contributed by atoms with Gasteiger partial charge in [0.1, 0.15) is 0 Å². The molecule has 0 radical (unpaired) electrons. The van der Waals surface area contributed by atoms with Crippen LogP contribution in [0.5, 0.6) is 0 Å². The van der Waals surface area contributed by atoms with Crippen molar-refractivity contribution in [1.82, 2.24) is 4.98 Å². The third-order valence-corrected chi connectivity index (χ3v) is 4.39. The van der Waals surface area contributed by atoms with Gasteiger partial charge in [-0.1, -0.05) is 36.9 Å². The van der Waals surface area contributed by atoms with Crippen molar-refractivity contribution in [3.63, 3.8) is 0 Å². The van der Waals surface area contributed by atoms with Crippen LogP contribution in [-0.4, -0.2) is 16.1 Å². The molecule has 0 aliphatic heterocycles. The zero-order chi connectivity index (χ0) is 14.1. The van der Waals surface area contributed by atoms with E-state index in [1.165, 1.54) is 32.1 Å². The second kappa shape index (κ2) is 5.41. The highest BCUT2D eigenvalue weighted by atomic mass is 35.5. The van der Waals surface area contributed by atoms with Crippen LogP contribution in [0.2, 0.25) is 5.02 Å². The van der Waals surface area contributed by atoms with Crippen LogP contribution in [0, 0.1) is 0 Å². The van der Waals surface area contributed by atoms with Crippen LogP contribution in [0.15, 0.2) is 24.3 Å². The lowest BCUT2D eigenvalue weighted by Gasteiger charge is -2.21. The van der Waals surface area contributed by atoms with Gasteiger partial charge >= 0.3 is 5.97 Å². The Hall–Kier alpha value is -1.61. The molecule has 1 aromatic heterocycles. The van der Waals surface area contributed by atoms with E-state index in [9.17, 15) is 9.90 Å². The Morgan fingerprint density at radius 3 is 2.60 bits per heavy atom. The highest BCUT2D eigenvalue weighted by molar-refractivity contribution is 6.35. The molecule has 1 heterocycles. The number of benzene rings is 1. The Kier molecular flexibility index (Phi) is 3.62. The highest BCUT2D eigenvalue weighted by Gasteiger charge is 2.19. The van der Waals surface area contributed by atoms with E-state index in [1.54, 1.807) is 12.1 Å². The van der Waals surface area contributed by atoms with Gasteiger partial charge in [0.2, 0.25) is 0 Å². The number of fused-ring (bicyclic) bond motifs is 1. The Bertz CT molecular complexity index is 663. The summed E-state index contributed by atoms with van der Waals surface area (Å²) < 4.78 is 0. The number of carboxylic acid groups (broad SMARTS) is 1. The van der Waals surface area contributed by atoms with E-state index in [2.05, 4.69) is 4.98 Å². The maximum atomic E-state index is 11.3. The Labute approximate surface area is 122 Å². The molecule has 1 aromatic carbocycles. The number of pyridine rings is 1. The second-order valence-electron chi connectivity index (χ2n) is 5.37. The summed E-state index contributed by atoms with van der Waals surface area (Å²) >= 11 is 5.98. The normalized spacial score (nSPS) is 16.4. The minimum absolute atomic E-state index is 0.145. The summed E-state index contributed by atoms with van der Waals surface area (Å²) in [6.45, 7) is 0. The number of aromatic nitrogens is 1. The van der Waals surface area contributed by atoms with Crippen molar-refractivity contribution in [2.75, 3.05) is 0 Å². The summed E-state index contributed by atoms with van der Waals surface area (Å²) in [4.78, 5) is 16.0. The fraction of sp³-hybridized carbons (Fsp3) is 0.375. The maximum absolute atomic E-state index is 11.3. The minimum Gasteiger partial charge on any atom is -0.478 e. The van der Waals surface area contributed by atoms with Crippen molar-refractivity contribution in [2.24, 2.45) is 0 Å². The van der Waals surface area contributed by atoms with Crippen molar-refractivity contribution >= 4 is 28.5 Å². The second-order valence-corrected chi connectivity index (χ2v) is 5.77. The molecule has 0 spiro atoms. The Morgan fingerprint density at radius 1 is 1.15 bits per heavy atom. The zero-order valence-electron chi connectivity index (χ0n) is 11.1. The number of halogens is 1. The third-order valence-electron chi connectivity index (χ3n) is 4.08. The largest absolute Gasteiger partial charge is 0.478 e. The van der Waals surface area contributed by atoms with Crippen LogP contribution in [0.4, 0.5) is 0 Å². The molecule has 3 nitrogen and oxygen atoms in total. The van der Waals surface area contributed by atoms with Crippen LogP contribution in [-0.2, 0) is 0 Å². The lowest BCUT2D eigenvalue weighted by Crippen LogP contribution is -2.07. The minimum atomic E-state index is -1.01. The van der Waals surface area contributed by atoms with E-state index >= 15 is 0 Å². The summed E-state index contributed by atoms with van der Waals surface area (Å²) in [5.74, 6) is -0.495. The lowest BCUT2D eigenvalue weighted by atomic mass is 9.86. The zero-order valence-corrected chi connectivity index (χ0v) is 11.9. The molecule has 0 atom stereocenters. The van der Waals surface area contributed by atoms with E-state index in [0.29, 0.717) is 11.3 Å². The van der Waals surface area contributed by atoms with Crippen LogP contribution in [0.25, 0.3) is 10.9 Å². The van der Waals surface area contributed by atoms with Crippen molar-refractivity contribution in [3.8, 4) is 0 Å². The molecular weight excluding hydrogens is 274 g/mol. The predicted molar refractivity (Wildman–Crippen MR) is 79.5 cm³/mol. The molecule has 1 N–H and O–H groups in total. The van der Waals surface area contributed by atoms with Crippen LogP contribution < -0.4 is 0 Å². The summed E-state index contributed by atoms with van der Waals surface area (Å²) in [5.41, 5.74) is 1.94. The molecule has 0 unspecified atom stereocenters. The SMILES string of the molecule is O=C(O)c1c(Cl)ccc2nc(C3CCCCC3)ccc12. The summed E-state index contributed by atoms with van der Waals surface area (Å²) in [5, 5.41) is 10.1. The first-order chi connectivity index (χ1) is 9.66. The predicted octanol–water partition coefficient (Wildman–Crippen LogP) is 4.63. The first-order valence-corrected chi connectivity index (χ1v) is 7.37. The third kappa shape index (κ3) is 2.38. The summed E-state index contributed by atoms with van der Waals surface area (Å²) in [6, 6.07) is 7.23. The molecule has 1 saturated carbocycles. The Balaban J connectivity index is 2.08. The van der Waals surface area contributed by atoms with Crippen LogP contribution in [0.3, 0.4) is 0 Å². The molecule has 0 amide bonds. The number of carboxylic acids is 1. The van der Waals surface area contributed by atoms with Crippen molar-refractivity contribution in [3.05, 3.63) is 40.5 Å². The molecule has 1 fully saturated rings. The summed E-state index contributed by atoms with van der Waals surface area (Å²) in [6.07, 6.45) is 6.18. The molecule has 2 aromatic rings. The average molecular weight is 290 g/mol. The van der Waals surface area contributed by atoms with Gasteiger partial charge in [0.05, 0.1) is 16.1 Å². The standard InChI is InChI=1S/C16H16ClNO2/c17-12-7-9-14-11(15(12)16(19)20)6-8-13(18-14)10-4-2-1-3-5-10/h6-10H,1-5H2,(H,19,20). The van der Waals surface area contributed by atoms with Gasteiger partial charge in [-0.2, -0.15) is 0 Å². The molecule has 1 aliphatic rings. The smallest absolute Gasteiger partial charge is 0.337 e. The van der Waals surface area contributed by atoms with Crippen molar-refractivity contribution in [2.45, 2.75) is 38.0 Å². The first kappa shape index (κ1) is 13.4.